The molecular formula is C15H29NO6Si. The van der Waals surface area contributed by atoms with E-state index in [0.29, 0.717) is 0 Å². The maximum Gasteiger partial charge on any atom is 0.417 e. The minimum absolute atomic E-state index is 0.792. The first-order valence-electron chi connectivity index (χ1n) is 7.69. The third-order valence-corrected chi connectivity index (χ3v) is 4.43. The summed E-state index contributed by atoms with van der Waals surface area (Å²) in [5.74, 6) is -0.871. The number of aliphatic hydroxyl groups is 2. The molecule has 0 aromatic rings. The van der Waals surface area contributed by atoms with Crippen molar-refractivity contribution < 1.29 is 29.0 Å². The first-order chi connectivity index (χ1) is 10.1. The average Bonchev–Trinajstić information content (AvgIpc) is 2.48. The Labute approximate surface area is 138 Å². The predicted molar refractivity (Wildman–Crippen MR) is 87.4 cm³/mol. The van der Waals surface area contributed by atoms with Crippen LogP contribution in [-0.4, -0.2) is 64.9 Å². The van der Waals surface area contributed by atoms with Gasteiger partial charge < -0.3 is 19.4 Å². The maximum absolute atomic E-state index is 12.4. The molecule has 1 fully saturated rings. The van der Waals surface area contributed by atoms with Crippen LogP contribution >= 0.6 is 0 Å². The molecule has 0 bridgehead atoms. The smallest absolute Gasteiger partial charge is 0.417 e. The molecule has 8 heteroatoms. The molecule has 1 rings (SSSR count). The van der Waals surface area contributed by atoms with E-state index in [1.165, 1.54) is 0 Å². The highest BCUT2D eigenvalue weighted by atomic mass is 28.4. The molecule has 0 aliphatic carbocycles. The van der Waals surface area contributed by atoms with Crippen LogP contribution in [0, 0.1) is 0 Å². The minimum atomic E-state index is -2.03. The van der Waals surface area contributed by atoms with Crippen molar-refractivity contribution in [3.05, 3.63) is 0 Å². The zero-order valence-electron chi connectivity index (χ0n) is 15.2. The molecule has 0 aromatic carbocycles. The Morgan fingerprint density at radius 2 is 1.61 bits per heavy atom. The molecule has 0 radical (unpaired) electrons. The van der Waals surface area contributed by atoms with Gasteiger partial charge in [0.15, 0.2) is 14.4 Å². The van der Waals surface area contributed by atoms with Crippen LogP contribution in [0.4, 0.5) is 4.79 Å². The van der Waals surface area contributed by atoms with Gasteiger partial charge in [0.1, 0.15) is 11.7 Å². The highest BCUT2D eigenvalue weighted by Gasteiger charge is 2.57. The number of hydrogen-bond acceptors (Lipinski definition) is 6. The quantitative estimate of drug-likeness (QED) is 0.751. The number of likely N-dealkylation sites (tertiary alicyclic amines) is 1. The third-order valence-electron chi connectivity index (χ3n) is 3.29. The van der Waals surface area contributed by atoms with Gasteiger partial charge in [0.2, 0.25) is 0 Å². The molecule has 1 aliphatic heterocycles. The van der Waals surface area contributed by atoms with Gasteiger partial charge in [0, 0.05) is 0 Å². The largest absolute Gasteiger partial charge is 0.443 e. The van der Waals surface area contributed by atoms with Gasteiger partial charge in [0.25, 0.3) is 5.91 Å². The van der Waals surface area contributed by atoms with Crippen LogP contribution in [0.3, 0.4) is 0 Å². The lowest BCUT2D eigenvalue weighted by Gasteiger charge is -2.41. The van der Waals surface area contributed by atoms with Crippen LogP contribution in [-0.2, 0) is 14.0 Å². The molecule has 2 N–H and O–H groups in total. The van der Waals surface area contributed by atoms with Crippen LogP contribution in [0.1, 0.15) is 34.6 Å². The summed E-state index contributed by atoms with van der Waals surface area (Å²) < 4.78 is 11.3. The summed E-state index contributed by atoms with van der Waals surface area (Å²) in [6.07, 6.45) is -3.99. The third kappa shape index (κ3) is 4.76. The van der Waals surface area contributed by atoms with Gasteiger partial charge >= 0.3 is 6.09 Å². The Kier molecular flexibility index (Phi) is 5.38. The van der Waals surface area contributed by atoms with E-state index in [1.807, 2.05) is 19.6 Å². The van der Waals surface area contributed by atoms with Gasteiger partial charge in [-0.3, -0.25) is 4.79 Å². The fourth-order valence-electron chi connectivity index (χ4n) is 2.84. The SMILES string of the molecule is CC(C)(C)OC(=O)N1C(=O)[C@H](O)[C@H](O)[C@H]1C(C)(C)O[Si](C)(C)C. The topological polar surface area (TPSA) is 96.3 Å². The van der Waals surface area contributed by atoms with E-state index in [-0.39, 0.29) is 0 Å². The van der Waals surface area contributed by atoms with Crippen LogP contribution in [0.5, 0.6) is 0 Å². The van der Waals surface area contributed by atoms with Gasteiger partial charge in [-0.15, -0.1) is 0 Å². The summed E-state index contributed by atoms with van der Waals surface area (Å²) in [5, 5.41) is 20.2. The van der Waals surface area contributed by atoms with Crippen molar-refractivity contribution in [3.63, 3.8) is 0 Å². The summed E-state index contributed by atoms with van der Waals surface area (Å²) in [5.41, 5.74) is -1.82. The number of hydrogen-bond donors (Lipinski definition) is 2. The Bertz CT molecular complexity index is 479. The first-order valence-corrected chi connectivity index (χ1v) is 11.1. The number of rotatable bonds is 3. The highest BCUT2D eigenvalue weighted by Crippen LogP contribution is 2.34. The van der Waals surface area contributed by atoms with Crippen molar-refractivity contribution in [1.29, 1.82) is 0 Å². The van der Waals surface area contributed by atoms with Crippen LogP contribution in [0.25, 0.3) is 0 Å². The molecule has 3 atom stereocenters. The van der Waals surface area contributed by atoms with Crippen LogP contribution < -0.4 is 0 Å². The number of imide groups is 1. The van der Waals surface area contributed by atoms with Gasteiger partial charge in [-0.25, -0.2) is 9.69 Å². The number of carbonyl (C=O) groups excluding carboxylic acids is 2. The summed E-state index contributed by atoms with van der Waals surface area (Å²) in [6.45, 7) is 14.3. The second-order valence-corrected chi connectivity index (χ2v) is 12.8. The fraction of sp³-hybridized carbons (Fsp3) is 0.867. The van der Waals surface area contributed by atoms with Crippen molar-refractivity contribution in [2.24, 2.45) is 0 Å². The lowest BCUT2D eigenvalue weighted by atomic mass is 9.94. The molecule has 0 spiro atoms. The Morgan fingerprint density at radius 3 is 2.00 bits per heavy atom. The van der Waals surface area contributed by atoms with Gasteiger partial charge in [-0.2, -0.15) is 0 Å². The zero-order valence-corrected chi connectivity index (χ0v) is 16.2. The van der Waals surface area contributed by atoms with E-state index >= 15 is 0 Å². The van der Waals surface area contributed by atoms with E-state index in [4.69, 9.17) is 9.16 Å². The minimum Gasteiger partial charge on any atom is -0.443 e. The summed E-state index contributed by atoms with van der Waals surface area (Å²) in [7, 11) is -2.03. The van der Waals surface area contributed by atoms with Crippen LogP contribution in [0.15, 0.2) is 0 Å². The Balaban J connectivity index is 3.19. The lowest BCUT2D eigenvalue weighted by Crippen LogP contribution is -2.58. The van der Waals surface area contributed by atoms with Crippen molar-refractivity contribution in [1.82, 2.24) is 4.90 Å². The monoisotopic (exact) mass is 347 g/mol. The predicted octanol–water partition coefficient (Wildman–Crippen LogP) is 1.48. The van der Waals surface area contributed by atoms with E-state index in [2.05, 4.69) is 0 Å². The zero-order chi connectivity index (χ0) is 18.4. The van der Waals surface area contributed by atoms with E-state index in [0.717, 1.165) is 4.90 Å². The van der Waals surface area contributed by atoms with Crippen molar-refractivity contribution in [2.45, 2.75) is 83.7 Å². The number of aliphatic hydroxyl groups excluding tert-OH is 2. The number of carbonyl (C=O) groups is 2. The number of nitrogens with zero attached hydrogens (tertiary/aromatic N) is 1. The molecule has 0 saturated carbocycles. The average molecular weight is 347 g/mol. The maximum atomic E-state index is 12.4. The number of amides is 2. The molecule has 7 nitrogen and oxygen atoms in total. The summed E-state index contributed by atoms with van der Waals surface area (Å²) >= 11 is 0. The molecule has 0 aromatic heterocycles. The van der Waals surface area contributed by atoms with Gasteiger partial charge in [-0.05, 0) is 54.3 Å². The molecule has 2 amide bonds. The lowest BCUT2D eigenvalue weighted by molar-refractivity contribution is -0.136. The molecule has 0 unspecified atom stereocenters. The summed E-state index contributed by atoms with van der Waals surface area (Å²) in [4.78, 5) is 25.4. The van der Waals surface area contributed by atoms with E-state index in [9.17, 15) is 19.8 Å². The fourth-order valence-corrected chi connectivity index (χ4v) is 4.54. The molecule has 134 valence electrons. The molecular weight excluding hydrogens is 318 g/mol. The van der Waals surface area contributed by atoms with Gasteiger partial charge in [0.05, 0.1) is 11.6 Å². The van der Waals surface area contributed by atoms with Crippen molar-refractivity contribution in [2.75, 3.05) is 0 Å². The van der Waals surface area contributed by atoms with Gasteiger partial charge in [-0.1, -0.05) is 0 Å². The van der Waals surface area contributed by atoms with E-state index < -0.39 is 49.8 Å². The number of ether oxygens (including phenoxy) is 1. The first kappa shape index (κ1) is 20.1. The van der Waals surface area contributed by atoms with Crippen molar-refractivity contribution >= 4 is 20.3 Å². The normalized spacial score (nSPS) is 26.6. The second-order valence-electron chi connectivity index (χ2n) is 8.39. The molecule has 1 heterocycles. The Hall–Kier alpha value is -0.963. The summed E-state index contributed by atoms with van der Waals surface area (Å²) in [6, 6.07) is -1.02. The van der Waals surface area contributed by atoms with Crippen LogP contribution in [0.2, 0.25) is 19.6 Å². The van der Waals surface area contributed by atoms with E-state index in [1.54, 1.807) is 34.6 Å². The Morgan fingerprint density at radius 1 is 1.13 bits per heavy atom. The second kappa shape index (κ2) is 6.16. The standard InChI is InChI=1S/C15H29NO6Si/c1-14(2,3)21-13(20)16-11(9(17)10(18)12(16)19)15(4,5)22-23(6,7)8/h9-11,17-18H,1-8H3/t9-,10+,11-/m0/s1. The molecule has 1 aliphatic rings. The molecule has 23 heavy (non-hydrogen) atoms. The highest BCUT2D eigenvalue weighted by molar-refractivity contribution is 6.69. The van der Waals surface area contributed by atoms with Crippen molar-refractivity contribution in [3.8, 4) is 0 Å². The molecule has 1 saturated heterocycles.